The maximum Gasteiger partial charge on any atom is 0.223 e. The maximum absolute atomic E-state index is 11.5. The van der Waals surface area contributed by atoms with E-state index in [1.54, 1.807) is 0 Å². The van der Waals surface area contributed by atoms with Crippen molar-refractivity contribution in [3.63, 3.8) is 0 Å². The minimum atomic E-state index is 0. The number of hydrogen-bond acceptors (Lipinski definition) is 4. The van der Waals surface area contributed by atoms with Gasteiger partial charge in [0, 0.05) is 31.6 Å². The van der Waals surface area contributed by atoms with Crippen molar-refractivity contribution in [1.82, 2.24) is 21.1 Å². The summed E-state index contributed by atoms with van der Waals surface area (Å²) < 4.78 is 5.28. The first-order valence-electron chi connectivity index (χ1n) is 8.35. The Kier molecular flexibility index (Phi) is 9.09. The number of aromatic nitrogens is 1. The van der Waals surface area contributed by atoms with Crippen LogP contribution in [0, 0.1) is 5.92 Å². The van der Waals surface area contributed by atoms with E-state index in [1.807, 2.05) is 13.0 Å². The lowest BCUT2D eigenvalue weighted by Crippen LogP contribution is -2.41. The third-order valence-corrected chi connectivity index (χ3v) is 3.57. The first kappa shape index (κ1) is 20.7. The Labute approximate surface area is 160 Å². The van der Waals surface area contributed by atoms with Crippen molar-refractivity contribution in [3.8, 4) is 0 Å². The summed E-state index contributed by atoms with van der Waals surface area (Å²) in [6, 6.07) is 1.94. The number of carbonyl (C=O) groups excluding carboxylic acids is 1. The van der Waals surface area contributed by atoms with Crippen LogP contribution in [0.5, 0.6) is 0 Å². The molecule has 0 atom stereocenters. The van der Waals surface area contributed by atoms with Gasteiger partial charge in [-0.1, -0.05) is 19.0 Å². The van der Waals surface area contributed by atoms with Crippen LogP contribution in [0.1, 0.15) is 51.0 Å². The standard InChI is InChI=1S/C16H27N5O2.HI/c1-4-17-16(19-8-7-18-15(22)12-5-6-12)20-10-13-9-14(11(2)3)21-23-13;/h9,11-12H,4-8,10H2,1-3H3,(H,18,22)(H2,17,19,20);1H. The molecule has 24 heavy (non-hydrogen) atoms. The number of carbonyl (C=O) groups is 1. The lowest BCUT2D eigenvalue weighted by molar-refractivity contribution is -0.122. The first-order valence-corrected chi connectivity index (χ1v) is 8.35. The molecule has 1 aromatic heterocycles. The predicted molar refractivity (Wildman–Crippen MR) is 105 cm³/mol. The van der Waals surface area contributed by atoms with Crippen molar-refractivity contribution in [2.24, 2.45) is 10.9 Å². The van der Waals surface area contributed by atoms with Crippen LogP contribution in [0.3, 0.4) is 0 Å². The number of nitrogens with zero attached hydrogens (tertiary/aromatic N) is 2. The van der Waals surface area contributed by atoms with Gasteiger partial charge >= 0.3 is 0 Å². The summed E-state index contributed by atoms with van der Waals surface area (Å²) >= 11 is 0. The van der Waals surface area contributed by atoms with Gasteiger partial charge in [-0.25, -0.2) is 4.99 Å². The van der Waals surface area contributed by atoms with Crippen LogP contribution >= 0.6 is 24.0 Å². The summed E-state index contributed by atoms with van der Waals surface area (Å²) in [5.41, 5.74) is 0.941. The summed E-state index contributed by atoms with van der Waals surface area (Å²) in [6.45, 7) is 8.60. The Balaban J connectivity index is 0.00000288. The molecule has 1 saturated carbocycles. The molecule has 7 nitrogen and oxygen atoms in total. The van der Waals surface area contributed by atoms with E-state index >= 15 is 0 Å². The topological polar surface area (TPSA) is 91.6 Å². The van der Waals surface area contributed by atoms with E-state index in [1.165, 1.54) is 0 Å². The third-order valence-electron chi connectivity index (χ3n) is 3.57. The first-order chi connectivity index (χ1) is 11.1. The van der Waals surface area contributed by atoms with Crippen LogP contribution in [-0.4, -0.2) is 36.7 Å². The van der Waals surface area contributed by atoms with E-state index in [0.29, 0.717) is 31.5 Å². The average Bonchev–Trinajstić information content (AvgIpc) is 3.27. The molecular formula is C16H28IN5O2. The van der Waals surface area contributed by atoms with E-state index in [-0.39, 0.29) is 35.8 Å². The Morgan fingerprint density at radius 1 is 1.33 bits per heavy atom. The van der Waals surface area contributed by atoms with E-state index in [9.17, 15) is 4.79 Å². The van der Waals surface area contributed by atoms with Gasteiger partial charge in [-0.15, -0.1) is 24.0 Å². The molecule has 1 aromatic rings. The molecule has 3 N–H and O–H groups in total. The molecule has 0 spiro atoms. The monoisotopic (exact) mass is 449 g/mol. The Morgan fingerprint density at radius 3 is 2.62 bits per heavy atom. The second-order valence-corrected chi connectivity index (χ2v) is 6.06. The van der Waals surface area contributed by atoms with E-state index in [4.69, 9.17) is 4.52 Å². The molecule has 0 bridgehead atoms. The number of hydrogen-bond donors (Lipinski definition) is 3. The zero-order chi connectivity index (χ0) is 16.7. The number of aliphatic imine (C=N–C) groups is 1. The number of nitrogens with one attached hydrogen (secondary N) is 3. The van der Waals surface area contributed by atoms with Crippen LogP contribution in [0.2, 0.25) is 0 Å². The fraction of sp³-hybridized carbons (Fsp3) is 0.688. The van der Waals surface area contributed by atoms with Gasteiger partial charge in [0.2, 0.25) is 5.91 Å². The fourth-order valence-electron chi connectivity index (χ4n) is 2.03. The highest BCUT2D eigenvalue weighted by atomic mass is 127. The smallest absolute Gasteiger partial charge is 0.223 e. The van der Waals surface area contributed by atoms with Crippen molar-refractivity contribution in [3.05, 3.63) is 17.5 Å². The van der Waals surface area contributed by atoms with Crippen molar-refractivity contribution in [2.75, 3.05) is 19.6 Å². The van der Waals surface area contributed by atoms with Gasteiger partial charge in [0.15, 0.2) is 11.7 Å². The molecular weight excluding hydrogens is 421 g/mol. The molecule has 8 heteroatoms. The molecule has 1 fully saturated rings. The van der Waals surface area contributed by atoms with Crippen LogP contribution in [-0.2, 0) is 11.3 Å². The fourth-order valence-corrected chi connectivity index (χ4v) is 2.03. The molecule has 0 aromatic carbocycles. The van der Waals surface area contributed by atoms with Crippen molar-refractivity contribution in [1.29, 1.82) is 0 Å². The minimum Gasteiger partial charge on any atom is -0.359 e. The highest BCUT2D eigenvalue weighted by molar-refractivity contribution is 14.0. The lowest BCUT2D eigenvalue weighted by atomic mass is 10.1. The Hall–Kier alpha value is -1.32. The van der Waals surface area contributed by atoms with E-state index < -0.39 is 0 Å². The van der Waals surface area contributed by atoms with Gasteiger partial charge in [0.05, 0.1) is 5.69 Å². The van der Waals surface area contributed by atoms with Crippen molar-refractivity contribution in [2.45, 2.75) is 46.1 Å². The van der Waals surface area contributed by atoms with E-state index in [0.717, 1.165) is 30.8 Å². The van der Waals surface area contributed by atoms with Crippen molar-refractivity contribution >= 4 is 35.8 Å². The molecule has 0 aliphatic heterocycles. The molecule has 1 amide bonds. The number of guanidine groups is 1. The van der Waals surface area contributed by atoms with Crippen LogP contribution in [0.4, 0.5) is 0 Å². The molecule has 1 aliphatic rings. The molecule has 1 aliphatic carbocycles. The van der Waals surface area contributed by atoms with Gasteiger partial charge in [0.25, 0.3) is 0 Å². The molecule has 1 heterocycles. The summed E-state index contributed by atoms with van der Waals surface area (Å²) in [6.07, 6.45) is 2.05. The largest absolute Gasteiger partial charge is 0.359 e. The SMILES string of the molecule is CCNC(=NCc1cc(C(C)C)no1)NCCNC(=O)C1CC1.I. The lowest BCUT2D eigenvalue weighted by Gasteiger charge is -2.11. The quantitative estimate of drug-likeness (QED) is 0.245. The summed E-state index contributed by atoms with van der Waals surface area (Å²) in [5.74, 6) is 2.21. The third kappa shape index (κ3) is 7.06. The highest BCUT2D eigenvalue weighted by Gasteiger charge is 2.28. The van der Waals surface area contributed by atoms with Gasteiger partial charge in [-0.2, -0.15) is 0 Å². The zero-order valence-electron chi connectivity index (χ0n) is 14.6. The van der Waals surface area contributed by atoms with Crippen LogP contribution < -0.4 is 16.0 Å². The Morgan fingerprint density at radius 2 is 2.04 bits per heavy atom. The number of amides is 1. The second kappa shape index (κ2) is 10.5. The zero-order valence-corrected chi connectivity index (χ0v) is 16.9. The second-order valence-electron chi connectivity index (χ2n) is 6.06. The van der Waals surface area contributed by atoms with Crippen molar-refractivity contribution < 1.29 is 9.32 Å². The van der Waals surface area contributed by atoms with E-state index in [2.05, 4.69) is 39.9 Å². The summed E-state index contributed by atoms with van der Waals surface area (Å²) in [7, 11) is 0. The molecule has 2 rings (SSSR count). The van der Waals surface area contributed by atoms with Crippen LogP contribution in [0.25, 0.3) is 0 Å². The van der Waals surface area contributed by atoms with Gasteiger partial charge in [-0.3, -0.25) is 4.79 Å². The highest BCUT2D eigenvalue weighted by Crippen LogP contribution is 2.28. The predicted octanol–water partition coefficient (Wildman–Crippen LogP) is 2.00. The average molecular weight is 449 g/mol. The Bertz CT molecular complexity index is 540. The summed E-state index contributed by atoms with van der Waals surface area (Å²) in [4.78, 5) is 16.0. The molecule has 0 unspecified atom stereocenters. The van der Waals surface area contributed by atoms with Gasteiger partial charge in [0.1, 0.15) is 6.54 Å². The maximum atomic E-state index is 11.5. The van der Waals surface area contributed by atoms with Gasteiger partial charge < -0.3 is 20.5 Å². The normalized spacial score (nSPS) is 14.2. The molecule has 0 radical (unpaired) electrons. The minimum absolute atomic E-state index is 0. The molecule has 0 saturated heterocycles. The molecule has 136 valence electrons. The number of halogens is 1. The van der Waals surface area contributed by atoms with Gasteiger partial charge in [-0.05, 0) is 25.7 Å². The number of rotatable bonds is 8. The van der Waals surface area contributed by atoms with Crippen LogP contribution in [0.15, 0.2) is 15.6 Å². The summed E-state index contributed by atoms with van der Waals surface area (Å²) in [5, 5.41) is 13.3.